The van der Waals surface area contributed by atoms with Crippen molar-refractivity contribution in [3.8, 4) is 28.5 Å². The number of fused-ring (bicyclic) bond motifs is 4. The Morgan fingerprint density at radius 3 is 2.54 bits per heavy atom. The number of aromatic nitrogens is 4. The van der Waals surface area contributed by atoms with Crippen LogP contribution in [0.5, 0.6) is 5.75 Å². The number of imidazole rings is 1. The Morgan fingerprint density at radius 2 is 1.87 bits per heavy atom. The van der Waals surface area contributed by atoms with Crippen LogP contribution in [-0.2, 0) is 13.6 Å². The van der Waals surface area contributed by atoms with Crippen molar-refractivity contribution in [1.82, 2.24) is 24.0 Å². The summed E-state index contributed by atoms with van der Waals surface area (Å²) in [5.74, 6) is 0.732. The fourth-order valence-electron chi connectivity index (χ4n) is 7.63. The van der Waals surface area contributed by atoms with Crippen LogP contribution in [-0.4, -0.2) is 61.6 Å². The smallest absolute Gasteiger partial charge is 0.254 e. The quantitative estimate of drug-likeness (QED) is 0.269. The van der Waals surface area contributed by atoms with Crippen LogP contribution in [0.3, 0.4) is 0 Å². The van der Waals surface area contributed by atoms with E-state index in [9.17, 15) is 9.59 Å². The molecule has 3 aliphatic rings. The fourth-order valence-corrected chi connectivity index (χ4v) is 7.63. The summed E-state index contributed by atoms with van der Waals surface area (Å²) >= 11 is 0. The minimum absolute atomic E-state index is 0.0368. The second-order valence-electron chi connectivity index (χ2n) is 13.1. The summed E-state index contributed by atoms with van der Waals surface area (Å²) in [4.78, 5) is 37.5. The van der Waals surface area contributed by atoms with E-state index in [1.165, 1.54) is 6.07 Å². The number of rotatable bonds is 7. The van der Waals surface area contributed by atoms with E-state index in [1.54, 1.807) is 20.1 Å². The average molecular weight is 622 g/mol. The Kier molecular flexibility index (Phi) is 6.47. The summed E-state index contributed by atoms with van der Waals surface area (Å²) in [6, 6.07) is 12.8. The number of benzene rings is 2. The van der Waals surface area contributed by atoms with E-state index in [0.29, 0.717) is 52.0 Å². The third-order valence-electron chi connectivity index (χ3n) is 10.4. The SMILES string of the molecule is COc1cc(C(=O)N2CC3CCC2C3N)cc2nc(-c3cc4ccc(-c5ccc(C(N)=O)c(F)c5C)nc4n3CC3CC3)n(C)c12. The number of ether oxygens (including phenoxy) is 1. The molecule has 3 atom stereocenters. The zero-order chi connectivity index (χ0) is 32.0. The number of amides is 2. The molecule has 0 spiro atoms. The van der Waals surface area contributed by atoms with Crippen molar-refractivity contribution in [2.24, 2.45) is 30.4 Å². The topological polar surface area (TPSA) is 134 Å². The van der Waals surface area contributed by atoms with Crippen molar-refractivity contribution in [2.45, 2.75) is 51.2 Å². The first kappa shape index (κ1) is 28.7. The maximum atomic E-state index is 15.0. The minimum atomic E-state index is -0.804. The second kappa shape index (κ2) is 10.4. The molecule has 10 nitrogen and oxygen atoms in total. The molecule has 3 unspecified atom stereocenters. The van der Waals surface area contributed by atoms with Gasteiger partial charge in [0.1, 0.15) is 22.7 Å². The molecule has 2 amide bonds. The van der Waals surface area contributed by atoms with Crippen molar-refractivity contribution in [1.29, 1.82) is 0 Å². The Labute approximate surface area is 265 Å². The van der Waals surface area contributed by atoms with Crippen LogP contribution in [0.25, 0.3) is 44.8 Å². The van der Waals surface area contributed by atoms with E-state index in [1.807, 2.05) is 40.8 Å². The second-order valence-corrected chi connectivity index (χ2v) is 13.1. The van der Waals surface area contributed by atoms with Gasteiger partial charge in [-0.15, -0.1) is 0 Å². The lowest BCUT2D eigenvalue weighted by atomic mass is 10.0. The predicted octanol–water partition coefficient (Wildman–Crippen LogP) is 4.78. The maximum absolute atomic E-state index is 15.0. The van der Waals surface area contributed by atoms with E-state index in [2.05, 4.69) is 10.6 Å². The highest BCUT2D eigenvalue weighted by atomic mass is 19.1. The number of piperidine rings is 1. The van der Waals surface area contributed by atoms with Gasteiger partial charge in [0.15, 0.2) is 5.82 Å². The molecule has 1 saturated heterocycles. The Hall–Kier alpha value is -4.77. The van der Waals surface area contributed by atoms with Crippen molar-refractivity contribution >= 4 is 33.9 Å². The van der Waals surface area contributed by atoms with Gasteiger partial charge in [-0.1, -0.05) is 6.07 Å². The van der Waals surface area contributed by atoms with Crippen molar-refractivity contribution in [2.75, 3.05) is 13.7 Å². The third kappa shape index (κ3) is 4.32. The number of primary amides is 1. The lowest BCUT2D eigenvalue weighted by molar-refractivity contribution is 0.0700. The number of hydrogen-bond acceptors (Lipinski definition) is 6. The summed E-state index contributed by atoms with van der Waals surface area (Å²) in [7, 11) is 3.57. The molecule has 4 N–H and O–H groups in total. The molecular formula is C35H36FN7O3. The predicted molar refractivity (Wildman–Crippen MR) is 173 cm³/mol. The number of aryl methyl sites for hydroxylation is 1. The monoisotopic (exact) mass is 621 g/mol. The van der Waals surface area contributed by atoms with Gasteiger partial charge >= 0.3 is 0 Å². The van der Waals surface area contributed by atoms with E-state index in [0.717, 1.165) is 60.3 Å². The number of methoxy groups -OCH3 is 1. The summed E-state index contributed by atoms with van der Waals surface area (Å²) in [6.07, 6.45) is 4.30. The minimum Gasteiger partial charge on any atom is -0.494 e. The molecule has 0 radical (unpaired) electrons. The van der Waals surface area contributed by atoms with E-state index < -0.39 is 11.7 Å². The largest absolute Gasteiger partial charge is 0.494 e. The Balaban J connectivity index is 1.24. The highest BCUT2D eigenvalue weighted by molar-refractivity contribution is 6.00. The zero-order valence-electron chi connectivity index (χ0n) is 26.1. The number of nitrogens with two attached hydrogens (primary N) is 2. The highest BCUT2D eigenvalue weighted by Gasteiger charge is 2.47. The van der Waals surface area contributed by atoms with E-state index in [4.69, 9.17) is 26.2 Å². The number of halogens is 1. The number of carbonyl (C=O) groups is 2. The van der Waals surface area contributed by atoms with E-state index >= 15 is 4.39 Å². The van der Waals surface area contributed by atoms with Crippen LogP contribution in [0.2, 0.25) is 0 Å². The first-order valence-electron chi connectivity index (χ1n) is 15.9. The summed E-state index contributed by atoms with van der Waals surface area (Å²) in [6.45, 7) is 3.09. The Bertz CT molecular complexity index is 2100. The molecule has 2 aromatic carbocycles. The lowest BCUT2D eigenvalue weighted by Gasteiger charge is -2.27. The molecule has 2 saturated carbocycles. The first-order chi connectivity index (χ1) is 22.1. The zero-order valence-corrected chi connectivity index (χ0v) is 26.1. The van der Waals surface area contributed by atoms with Gasteiger partial charge < -0.3 is 30.2 Å². The van der Waals surface area contributed by atoms with Gasteiger partial charge in [-0.2, -0.15) is 0 Å². The summed E-state index contributed by atoms with van der Waals surface area (Å²) in [5.41, 5.74) is 16.8. The van der Waals surface area contributed by atoms with Crippen LogP contribution >= 0.6 is 0 Å². The van der Waals surface area contributed by atoms with Gasteiger partial charge in [-0.3, -0.25) is 9.59 Å². The first-order valence-corrected chi connectivity index (χ1v) is 15.9. The number of pyridine rings is 1. The molecule has 5 aromatic rings. The number of likely N-dealkylation sites (tertiary alicyclic amines) is 1. The van der Waals surface area contributed by atoms with Crippen molar-refractivity contribution in [3.05, 3.63) is 65.0 Å². The van der Waals surface area contributed by atoms with Gasteiger partial charge in [0.05, 0.1) is 29.6 Å². The molecule has 1 aliphatic heterocycles. The molecular weight excluding hydrogens is 585 g/mol. The number of hydrogen-bond donors (Lipinski definition) is 2. The molecule has 11 heteroatoms. The molecule has 46 heavy (non-hydrogen) atoms. The van der Waals surface area contributed by atoms with Crippen molar-refractivity contribution < 1.29 is 18.7 Å². The average Bonchev–Trinajstić information content (AvgIpc) is 3.45. The van der Waals surface area contributed by atoms with Crippen molar-refractivity contribution in [3.63, 3.8) is 0 Å². The van der Waals surface area contributed by atoms with Gasteiger partial charge in [0.2, 0.25) is 0 Å². The summed E-state index contributed by atoms with van der Waals surface area (Å²) in [5, 5.41) is 0.932. The molecule has 3 aromatic heterocycles. The van der Waals surface area contributed by atoms with Gasteiger partial charge in [-0.05, 0) is 86.4 Å². The maximum Gasteiger partial charge on any atom is 0.254 e. The normalized spacial score (nSPS) is 20.7. The third-order valence-corrected chi connectivity index (χ3v) is 10.4. The van der Waals surface area contributed by atoms with E-state index in [-0.39, 0.29) is 23.6 Å². The Morgan fingerprint density at radius 1 is 1.07 bits per heavy atom. The molecule has 4 heterocycles. The molecule has 3 fully saturated rings. The fraction of sp³-hybridized carbons (Fsp3) is 0.371. The van der Waals surface area contributed by atoms with Crippen LogP contribution in [0.15, 0.2) is 42.5 Å². The lowest BCUT2D eigenvalue weighted by Crippen LogP contribution is -2.41. The molecule has 8 rings (SSSR count). The summed E-state index contributed by atoms with van der Waals surface area (Å²) < 4.78 is 25.1. The molecule has 236 valence electrons. The van der Waals surface area contributed by atoms with Crippen LogP contribution in [0.4, 0.5) is 4.39 Å². The number of nitrogens with zero attached hydrogens (tertiary/aromatic N) is 5. The molecule has 2 bridgehead atoms. The van der Waals surface area contributed by atoms with Gasteiger partial charge in [-0.25, -0.2) is 14.4 Å². The standard InChI is InChI=1S/C35H36FN7O3/c1-17-22(8-9-23(29(17)36)32(38)44)24-10-6-19-13-27(42(33(19)39-24)15-18-4-5-18)34-40-25-12-21(14-28(46-3)31(25)41(34)2)35(45)43-16-20-7-11-26(43)30(20)37/h6,8-10,12-14,18,20,26,30H,4-5,7,11,15-16,37H2,1-3H3,(H2,38,44). The highest BCUT2D eigenvalue weighted by Crippen LogP contribution is 2.40. The molecule has 2 aliphatic carbocycles. The van der Waals surface area contributed by atoms with Gasteiger partial charge in [0.25, 0.3) is 11.8 Å². The number of carbonyl (C=O) groups excluding carboxylic acids is 2. The van der Waals surface area contributed by atoms with Crippen LogP contribution < -0.4 is 16.2 Å². The van der Waals surface area contributed by atoms with Gasteiger partial charge in [0, 0.05) is 48.7 Å². The van der Waals surface area contributed by atoms with Crippen LogP contribution in [0.1, 0.15) is 52.0 Å². The van der Waals surface area contributed by atoms with Crippen LogP contribution in [0, 0.1) is 24.6 Å².